The number of aromatic nitrogens is 2. The van der Waals surface area contributed by atoms with E-state index < -0.39 is 0 Å². The second kappa shape index (κ2) is 9.35. The standard InChI is InChI=1S/C27H35N3O/c1-5-7-21-9-11-23(12-10-21)24-13-14-26-25(16-24)27(31)30(20(4)28-26)18-22-8-6-15-29(17-22)19(2)3/h9-14,16,19,22H,5-8,15,17-18H2,1-4H3. The van der Waals surface area contributed by atoms with Crippen molar-refractivity contribution in [1.29, 1.82) is 0 Å². The molecule has 1 saturated heterocycles. The molecule has 4 rings (SSSR count). The van der Waals surface area contributed by atoms with Gasteiger partial charge in [0.15, 0.2) is 0 Å². The zero-order valence-electron chi connectivity index (χ0n) is 19.4. The fourth-order valence-electron chi connectivity index (χ4n) is 4.85. The second-order valence-corrected chi connectivity index (χ2v) is 9.35. The summed E-state index contributed by atoms with van der Waals surface area (Å²) in [6.45, 7) is 11.7. The minimum atomic E-state index is 0.0913. The van der Waals surface area contributed by atoms with Crippen LogP contribution in [0, 0.1) is 12.8 Å². The predicted molar refractivity (Wildman–Crippen MR) is 130 cm³/mol. The van der Waals surface area contributed by atoms with E-state index in [9.17, 15) is 4.79 Å². The molecule has 1 fully saturated rings. The molecule has 1 aliphatic heterocycles. The van der Waals surface area contributed by atoms with E-state index in [4.69, 9.17) is 4.98 Å². The van der Waals surface area contributed by atoms with Gasteiger partial charge in [0.1, 0.15) is 5.82 Å². The van der Waals surface area contributed by atoms with E-state index in [1.807, 2.05) is 23.6 Å². The largest absolute Gasteiger partial charge is 0.301 e. The van der Waals surface area contributed by atoms with Crippen molar-refractivity contribution >= 4 is 10.9 Å². The van der Waals surface area contributed by atoms with Crippen LogP contribution in [0.2, 0.25) is 0 Å². The molecule has 1 aromatic heterocycles. The van der Waals surface area contributed by atoms with E-state index >= 15 is 0 Å². The van der Waals surface area contributed by atoms with Crippen LogP contribution in [0.5, 0.6) is 0 Å². The third kappa shape index (κ3) is 4.74. The molecule has 0 radical (unpaired) electrons. The average molecular weight is 418 g/mol. The first-order valence-electron chi connectivity index (χ1n) is 11.8. The Morgan fingerprint density at radius 3 is 2.55 bits per heavy atom. The van der Waals surface area contributed by atoms with Gasteiger partial charge in [-0.25, -0.2) is 4.98 Å². The molecule has 1 atom stereocenters. The molecule has 1 unspecified atom stereocenters. The van der Waals surface area contributed by atoms with Gasteiger partial charge in [0.2, 0.25) is 0 Å². The summed E-state index contributed by atoms with van der Waals surface area (Å²) in [5, 5.41) is 0.720. The number of nitrogens with zero attached hydrogens (tertiary/aromatic N) is 3. The Kier molecular flexibility index (Phi) is 6.57. The number of aryl methyl sites for hydroxylation is 2. The summed E-state index contributed by atoms with van der Waals surface area (Å²) in [5.74, 6) is 1.32. The number of hydrogen-bond donors (Lipinski definition) is 0. The molecule has 0 saturated carbocycles. The first kappa shape index (κ1) is 21.8. The summed E-state index contributed by atoms with van der Waals surface area (Å²) < 4.78 is 1.91. The van der Waals surface area contributed by atoms with Crippen molar-refractivity contribution in [1.82, 2.24) is 14.5 Å². The lowest BCUT2D eigenvalue weighted by molar-refractivity contribution is 0.129. The van der Waals surface area contributed by atoms with Crippen LogP contribution in [0.4, 0.5) is 0 Å². The number of likely N-dealkylation sites (tertiary alicyclic amines) is 1. The van der Waals surface area contributed by atoms with Crippen LogP contribution in [0.3, 0.4) is 0 Å². The monoisotopic (exact) mass is 417 g/mol. The first-order valence-corrected chi connectivity index (χ1v) is 11.8. The SMILES string of the molecule is CCCc1ccc(-c2ccc3nc(C)n(CC4CCCN(C(C)C)C4)c(=O)c3c2)cc1. The molecule has 4 nitrogen and oxygen atoms in total. The number of rotatable bonds is 6. The summed E-state index contributed by atoms with van der Waals surface area (Å²) in [6.07, 6.45) is 4.63. The molecule has 0 bridgehead atoms. The summed E-state index contributed by atoms with van der Waals surface area (Å²) in [6, 6.07) is 15.4. The van der Waals surface area contributed by atoms with Gasteiger partial charge in [-0.2, -0.15) is 0 Å². The van der Waals surface area contributed by atoms with Crippen LogP contribution in [-0.2, 0) is 13.0 Å². The van der Waals surface area contributed by atoms with Crippen molar-refractivity contribution in [3.63, 3.8) is 0 Å². The van der Waals surface area contributed by atoms with E-state index in [1.54, 1.807) is 0 Å². The van der Waals surface area contributed by atoms with Crippen molar-refractivity contribution in [3.8, 4) is 11.1 Å². The fraction of sp³-hybridized carbons (Fsp3) is 0.481. The lowest BCUT2D eigenvalue weighted by atomic mass is 9.96. The molecule has 2 aromatic carbocycles. The van der Waals surface area contributed by atoms with Crippen LogP contribution in [-0.4, -0.2) is 33.6 Å². The number of benzene rings is 2. The summed E-state index contributed by atoms with van der Waals surface area (Å²) in [5.41, 5.74) is 4.46. The molecule has 3 aromatic rings. The van der Waals surface area contributed by atoms with Gasteiger partial charge >= 0.3 is 0 Å². The van der Waals surface area contributed by atoms with Gasteiger partial charge < -0.3 is 4.90 Å². The van der Waals surface area contributed by atoms with Crippen molar-refractivity contribution in [3.05, 3.63) is 64.2 Å². The third-order valence-electron chi connectivity index (χ3n) is 6.69. The molecule has 0 aliphatic carbocycles. The molecule has 0 N–H and O–H groups in total. The van der Waals surface area contributed by atoms with E-state index in [1.165, 1.54) is 24.9 Å². The normalized spacial score (nSPS) is 17.5. The van der Waals surface area contributed by atoms with Gasteiger partial charge in [-0.15, -0.1) is 0 Å². The summed E-state index contributed by atoms with van der Waals surface area (Å²) >= 11 is 0. The number of piperidine rings is 1. The number of fused-ring (bicyclic) bond motifs is 1. The van der Waals surface area contributed by atoms with Crippen LogP contribution in [0.25, 0.3) is 22.0 Å². The summed E-state index contributed by atoms with van der Waals surface area (Å²) in [4.78, 5) is 20.8. The molecule has 2 heterocycles. The Labute approximate surface area is 185 Å². The van der Waals surface area contributed by atoms with Crippen molar-refractivity contribution < 1.29 is 0 Å². The highest BCUT2D eigenvalue weighted by atomic mass is 16.1. The Hall–Kier alpha value is -2.46. The number of hydrogen-bond acceptors (Lipinski definition) is 3. The maximum atomic E-state index is 13.5. The highest BCUT2D eigenvalue weighted by Crippen LogP contribution is 2.24. The van der Waals surface area contributed by atoms with E-state index in [2.05, 4.69) is 56.0 Å². The van der Waals surface area contributed by atoms with Crippen LogP contribution in [0.15, 0.2) is 47.3 Å². The molecule has 31 heavy (non-hydrogen) atoms. The van der Waals surface area contributed by atoms with Gasteiger partial charge in [-0.3, -0.25) is 9.36 Å². The summed E-state index contributed by atoms with van der Waals surface area (Å²) in [7, 11) is 0. The molecule has 1 aliphatic rings. The molecule has 4 heteroatoms. The van der Waals surface area contributed by atoms with Gasteiger partial charge in [0.25, 0.3) is 5.56 Å². The highest BCUT2D eigenvalue weighted by Gasteiger charge is 2.23. The fourth-order valence-corrected chi connectivity index (χ4v) is 4.85. The van der Waals surface area contributed by atoms with Gasteiger partial charge in [0, 0.05) is 19.1 Å². The minimum Gasteiger partial charge on any atom is -0.301 e. The predicted octanol–water partition coefficient (Wildman–Crippen LogP) is 5.44. The third-order valence-corrected chi connectivity index (χ3v) is 6.69. The minimum absolute atomic E-state index is 0.0913. The van der Waals surface area contributed by atoms with Crippen LogP contribution in [0.1, 0.15) is 51.4 Å². The Morgan fingerprint density at radius 2 is 1.84 bits per heavy atom. The van der Waals surface area contributed by atoms with E-state index in [0.29, 0.717) is 12.0 Å². The van der Waals surface area contributed by atoms with Crippen molar-refractivity contribution in [2.75, 3.05) is 13.1 Å². The van der Waals surface area contributed by atoms with Crippen LogP contribution >= 0.6 is 0 Å². The highest BCUT2D eigenvalue weighted by molar-refractivity contribution is 5.83. The Bertz CT molecular complexity index is 1100. The molecule has 0 amide bonds. The second-order valence-electron chi connectivity index (χ2n) is 9.35. The zero-order chi connectivity index (χ0) is 22.0. The van der Waals surface area contributed by atoms with E-state index in [0.717, 1.165) is 53.8 Å². The molecular formula is C27H35N3O. The van der Waals surface area contributed by atoms with Gasteiger partial charge in [-0.05, 0) is 81.3 Å². The topological polar surface area (TPSA) is 38.1 Å². The lowest BCUT2D eigenvalue weighted by Gasteiger charge is -2.35. The van der Waals surface area contributed by atoms with Crippen molar-refractivity contribution in [2.45, 2.75) is 66.0 Å². The van der Waals surface area contributed by atoms with Crippen LogP contribution < -0.4 is 5.56 Å². The van der Waals surface area contributed by atoms with Gasteiger partial charge in [0.05, 0.1) is 10.9 Å². The first-order chi connectivity index (χ1) is 15.0. The Morgan fingerprint density at radius 1 is 1.10 bits per heavy atom. The molecular weight excluding hydrogens is 382 g/mol. The van der Waals surface area contributed by atoms with Gasteiger partial charge in [-0.1, -0.05) is 43.7 Å². The van der Waals surface area contributed by atoms with E-state index in [-0.39, 0.29) is 5.56 Å². The average Bonchev–Trinajstić information content (AvgIpc) is 2.77. The smallest absolute Gasteiger partial charge is 0.261 e. The Balaban J connectivity index is 1.65. The molecule has 164 valence electrons. The maximum Gasteiger partial charge on any atom is 0.261 e. The quantitative estimate of drug-likeness (QED) is 0.536. The maximum absolute atomic E-state index is 13.5. The van der Waals surface area contributed by atoms with Crippen molar-refractivity contribution in [2.24, 2.45) is 5.92 Å². The lowest BCUT2D eigenvalue weighted by Crippen LogP contribution is -2.42. The molecule has 0 spiro atoms. The zero-order valence-corrected chi connectivity index (χ0v) is 19.4.